The summed E-state index contributed by atoms with van der Waals surface area (Å²) < 4.78 is 41.5. The first-order chi connectivity index (χ1) is 9.30. The molecule has 2 rings (SSSR count). The largest absolute Gasteiger partial charge is 0.496 e. The molecule has 1 aliphatic rings. The van der Waals surface area contributed by atoms with E-state index in [1.807, 2.05) is 0 Å². The number of rotatable bonds is 3. The number of pyridine rings is 1. The van der Waals surface area contributed by atoms with Gasteiger partial charge in [-0.15, -0.1) is 0 Å². The van der Waals surface area contributed by atoms with E-state index in [2.05, 4.69) is 4.98 Å². The lowest BCUT2D eigenvalue weighted by molar-refractivity contribution is -0.153. The van der Waals surface area contributed by atoms with E-state index in [0.717, 1.165) is 6.07 Å². The minimum absolute atomic E-state index is 0.0562. The van der Waals surface area contributed by atoms with Gasteiger partial charge in [0, 0.05) is 37.7 Å². The van der Waals surface area contributed by atoms with Gasteiger partial charge in [-0.2, -0.15) is 13.2 Å². The van der Waals surface area contributed by atoms with Crippen molar-refractivity contribution in [1.29, 1.82) is 0 Å². The predicted molar refractivity (Wildman–Crippen MR) is 63.7 cm³/mol. The summed E-state index contributed by atoms with van der Waals surface area (Å²) >= 11 is 0. The fourth-order valence-electron chi connectivity index (χ4n) is 2.15. The van der Waals surface area contributed by atoms with Gasteiger partial charge < -0.3 is 14.6 Å². The van der Waals surface area contributed by atoms with Crippen LogP contribution in [-0.4, -0.2) is 42.2 Å². The highest BCUT2D eigenvalue weighted by molar-refractivity contribution is 5.97. The maximum absolute atomic E-state index is 12.2. The van der Waals surface area contributed by atoms with E-state index < -0.39 is 30.0 Å². The first-order valence-electron chi connectivity index (χ1n) is 5.93. The zero-order valence-corrected chi connectivity index (χ0v) is 10.7. The molecule has 0 saturated carbocycles. The molecule has 0 spiro atoms. The Balaban J connectivity index is 2.02. The summed E-state index contributed by atoms with van der Waals surface area (Å²) in [6.45, 7) is 0.112. The number of nitrogens with zero attached hydrogens (tertiary/aromatic N) is 1. The molecule has 0 bridgehead atoms. The molecule has 0 aliphatic carbocycles. The number of H-pyrrole nitrogens is 1. The van der Waals surface area contributed by atoms with Crippen molar-refractivity contribution in [2.45, 2.75) is 12.6 Å². The molecule has 1 aromatic rings. The SMILES string of the molecule is COc1cc(=O)[nH]cc1C(=O)N1CC(CC(F)(F)F)C1. The Morgan fingerprint density at radius 2 is 2.15 bits per heavy atom. The first kappa shape index (κ1) is 14.4. The zero-order valence-electron chi connectivity index (χ0n) is 10.7. The van der Waals surface area contributed by atoms with Gasteiger partial charge in [-0.05, 0) is 0 Å². The van der Waals surface area contributed by atoms with E-state index in [4.69, 9.17) is 4.74 Å². The molecule has 0 radical (unpaired) electrons. The van der Waals surface area contributed by atoms with Crippen LogP contribution in [0.25, 0.3) is 0 Å². The molecule has 1 fully saturated rings. The Labute approximate surface area is 112 Å². The highest BCUT2D eigenvalue weighted by atomic mass is 19.4. The lowest BCUT2D eigenvalue weighted by atomic mass is 9.95. The number of hydrogen-bond acceptors (Lipinski definition) is 3. The van der Waals surface area contributed by atoms with Gasteiger partial charge in [0.15, 0.2) is 0 Å². The van der Waals surface area contributed by atoms with E-state index in [9.17, 15) is 22.8 Å². The molecule has 2 heterocycles. The number of aromatic nitrogens is 1. The Bertz CT molecular complexity index is 562. The Kier molecular flexibility index (Phi) is 3.74. The van der Waals surface area contributed by atoms with Crippen LogP contribution in [0, 0.1) is 5.92 Å². The summed E-state index contributed by atoms with van der Waals surface area (Å²) in [5.41, 5.74) is -0.283. The molecule has 1 saturated heterocycles. The van der Waals surface area contributed by atoms with Crippen molar-refractivity contribution in [2.75, 3.05) is 20.2 Å². The van der Waals surface area contributed by atoms with Crippen molar-refractivity contribution in [3.63, 3.8) is 0 Å². The third-order valence-electron chi connectivity index (χ3n) is 3.10. The molecule has 5 nitrogen and oxygen atoms in total. The Morgan fingerprint density at radius 3 is 2.70 bits per heavy atom. The number of aromatic amines is 1. The molecular formula is C12H13F3N2O3. The van der Waals surface area contributed by atoms with Gasteiger partial charge in [-0.25, -0.2) is 0 Å². The average Bonchev–Trinajstić information content (AvgIpc) is 2.31. The number of nitrogens with one attached hydrogen (secondary N) is 1. The number of ether oxygens (including phenoxy) is 1. The molecule has 0 aromatic carbocycles. The number of methoxy groups -OCH3 is 1. The van der Waals surface area contributed by atoms with Crippen molar-refractivity contribution in [3.05, 3.63) is 28.2 Å². The minimum atomic E-state index is -4.21. The quantitative estimate of drug-likeness (QED) is 0.915. The normalized spacial score (nSPS) is 15.9. The van der Waals surface area contributed by atoms with E-state index in [1.54, 1.807) is 0 Å². The van der Waals surface area contributed by atoms with Crippen LogP contribution in [0.4, 0.5) is 13.2 Å². The number of alkyl halides is 3. The molecule has 0 unspecified atom stereocenters. The summed E-state index contributed by atoms with van der Waals surface area (Å²) in [6, 6.07) is 1.13. The van der Waals surface area contributed by atoms with E-state index >= 15 is 0 Å². The molecule has 1 N–H and O–H groups in total. The highest BCUT2D eigenvalue weighted by Crippen LogP contribution is 2.31. The molecule has 1 aromatic heterocycles. The molecule has 1 aliphatic heterocycles. The van der Waals surface area contributed by atoms with Gasteiger partial charge in [0.2, 0.25) is 0 Å². The number of likely N-dealkylation sites (tertiary alicyclic amines) is 1. The van der Waals surface area contributed by atoms with Crippen LogP contribution in [0.3, 0.4) is 0 Å². The smallest absolute Gasteiger partial charge is 0.389 e. The average molecular weight is 290 g/mol. The second-order valence-corrected chi connectivity index (χ2v) is 4.67. The van der Waals surface area contributed by atoms with Crippen LogP contribution in [0.1, 0.15) is 16.8 Å². The van der Waals surface area contributed by atoms with Gasteiger partial charge >= 0.3 is 6.18 Å². The van der Waals surface area contributed by atoms with Gasteiger partial charge in [-0.1, -0.05) is 0 Å². The lowest BCUT2D eigenvalue weighted by Crippen LogP contribution is -2.51. The lowest BCUT2D eigenvalue weighted by Gasteiger charge is -2.39. The van der Waals surface area contributed by atoms with Crippen molar-refractivity contribution in [3.8, 4) is 5.75 Å². The van der Waals surface area contributed by atoms with Gasteiger partial charge in [0.05, 0.1) is 12.7 Å². The standard InChI is InChI=1S/C12H13F3N2O3/c1-20-9-2-10(18)16-4-8(9)11(19)17-5-7(6-17)3-12(13,14)15/h2,4,7H,3,5-6H2,1H3,(H,16,18). The van der Waals surface area contributed by atoms with E-state index in [-0.39, 0.29) is 24.4 Å². The van der Waals surface area contributed by atoms with Crippen LogP contribution in [0.2, 0.25) is 0 Å². The monoisotopic (exact) mass is 290 g/mol. The van der Waals surface area contributed by atoms with Crippen molar-refractivity contribution < 1.29 is 22.7 Å². The Morgan fingerprint density at radius 1 is 1.50 bits per heavy atom. The van der Waals surface area contributed by atoms with Crippen molar-refractivity contribution in [1.82, 2.24) is 9.88 Å². The van der Waals surface area contributed by atoms with Crippen LogP contribution < -0.4 is 10.3 Å². The summed E-state index contributed by atoms with van der Waals surface area (Å²) in [4.78, 5) is 26.8. The third kappa shape index (κ3) is 3.12. The number of hydrogen-bond donors (Lipinski definition) is 1. The van der Waals surface area contributed by atoms with Crippen molar-refractivity contribution in [2.24, 2.45) is 5.92 Å². The number of carbonyl (C=O) groups is 1. The number of amides is 1. The second kappa shape index (κ2) is 5.18. The summed E-state index contributed by atoms with van der Waals surface area (Å²) in [6.07, 6.45) is -3.89. The molecule has 1 amide bonds. The zero-order chi connectivity index (χ0) is 14.9. The molecule has 8 heteroatoms. The van der Waals surface area contributed by atoms with Crippen LogP contribution in [0.5, 0.6) is 5.75 Å². The Hall–Kier alpha value is -1.99. The van der Waals surface area contributed by atoms with E-state index in [1.165, 1.54) is 18.2 Å². The topological polar surface area (TPSA) is 62.4 Å². The molecule has 20 heavy (non-hydrogen) atoms. The predicted octanol–water partition coefficient (Wildman–Crippen LogP) is 1.41. The molecular weight excluding hydrogens is 277 g/mol. The van der Waals surface area contributed by atoms with Crippen LogP contribution in [0.15, 0.2) is 17.1 Å². The second-order valence-electron chi connectivity index (χ2n) is 4.67. The van der Waals surface area contributed by atoms with Crippen molar-refractivity contribution >= 4 is 5.91 Å². The number of halogens is 3. The fourth-order valence-corrected chi connectivity index (χ4v) is 2.15. The first-order valence-corrected chi connectivity index (χ1v) is 5.93. The summed E-state index contributed by atoms with van der Waals surface area (Å²) in [5, 5.41) is 0. The van der Waals surface area contributed by atoms with Crippen LogP contribution in [-0.2, 0) is 0 Å². The molecule has 0 atom stereocenters. The summed E-state index contributed by atoms with van der Waals surface area (Å²) in [5.74, 6) is -0.901. The van der Waals surface area contributed by atoms with Crippen LogP contribution >= 0.6 is 0 Å². The minimum Gasteiger partial charge on any atom is -0.496 e. The highest BCUT2D eigenvalue weighted by Gasteiger charge is 2.40. The maximum Gasteiger partial charge on any atom is 0.389 e. The van der Waals surface area contributed by atoms with Gasteiger partial charge in [-0.3, -0.25) is 9.59 Å². The molecule has 110 valence electrons. The number of carbonyl (C=O) groups excluding carboxylic acids is 1. The summed E-state index contributed by atoms with van der Waals surface area (Å²) in [7, 11) is 1.31. The van der Waals surface area contributed by atoms with E-state index in [0.29, 0.717) is 0 Å². The fraction of sp³-hybridized carbons (Fsp3) is 0.500. The third-order valence-corrected chi connectivity index (χ3v) is 3.10. The maximum atomic E-state index is 12.2. The van der Waals surface area contributed by atoms with Gasteiger partial charge in [0.25, 0.3) is 11.5 Å². The van der Waals surface area contributed by atoms with Gasteiger partial charge in [0.1, 0.15) is 5.75 Å².